The second-order valence-electron chi connectivity index (χ2n) is 14.5. The second-order valence-corrected chi connectivity index (χ2v) is 14.5. The van der Waals surface area contributed by atoms with E-state index >= 15 is 0 Å². The summed E-state index contributed by atoms with van der Waals surface area (Å²) in [5, 5.41) is 26.9. The molecule has 0 bridgehead atoms. The number of aliphatic hydroxyl groups is 1. The summed E-state index contributed by atoms with van der Waals surface area (Å²) in [5.41, 5.74) is 3.39. The average Bonchev–Trinajstić information content (AvgIpc) is 3.19. The molecule has 11 heteroatoms. The number of hydrogen-bond acceptors (Lipinski definition) is 7. The summed E-state index contributed by atoms with van der Waals surface area (Å²) in [6.07, 6.45) is -1.71. The van der Waals surface area contributed by atoms with Gasteiger partial charge in [-0.3, -0.25) is 19.7 Å². The molecule has 0 saturated heterocycles. The Morgan fingerprint density at radius 3 is 1.60 bits per heavy atom. The molecule has 4 amide bonds. The van der Waals surface area contributed by atoms with Crippen LogP contribution in [0, 0.1) is 11.8 Å². The number of amides is 4. The van der Waals surface area contributed by atoms with E-state index in [-0.39, 0.29) is 37.3 Å². The Morgan fingerprint density at radius 1 is 0.582 bits per heavy atom. The Labute approximate surface area is 324 Å². The quantitative estimate of drug-likeness (QED) is 0.0740. The summed E-state index contributed by atoms with van der Waals surface area (Å²) in [6.45, 7) is 8.05. The number of aliphatic hydroxyl groups excluding tert-OH is 1. The fourth-order valence-corrected chi connectivity index (χ4v) is 6.12. The average molecular weight is 750 g/mol. The number of rotatable bonds is 20. The minimum Gasteiger partial charge on any atom is -0.445 e. The lowest BCUT2D eigenvalue weighted by Crippen LogP contribution is -2.63. The van der Waals surface area contributed by atoms with E-state index in [9.17, 15) is 24.3 Å². The Kier molecular flexibility index (Phi) is 16.9. The van der Waals surface area contributed by atoms with Crippen LogP contribution in [0.15, 0.2) is 121 Å². The molecule has 11 nitrogen and oxygen atoms in total. The molecule has 6 N–H and O–H groups in total. The molecule has 0 spiro atoms. The Hall–Kier alpha value is -5.52. The second kappa shape index (κ2) is 22.0. The minimum atomic E-state index is -1.47. The zero-order valence-electron chi connectivity index (χ0n) is 32.1. The van der Waals surface area contributed by atoms with E-state index in [2.05, 4.69) is 26.6 Å². The molecule has 0 aliphatic carbocycles. The number of carbonyl (C=O) groups excluding carboxylic acids is 4. The van der Waals surface area contributed by atoms with Crippen molar-refractivity contribution in [3.8, 4) is 0 Å². The Balaban J connectivity index is 1.57. The number of alkyl carbamates (subject to hydrolysis) is 1. The molecule has 292 valence electrons. The molecule has 0 aliphatic rings. The maximum Gasteiger partial charge on any atom is 0.408 e. The molecule has 0 aromatic heterocycles. The van der Waals surface area contributed by atoms with Gasteiger partial charge < -0.3 is 31.1 Å². The number of benzene rings is 4. The molecular weight excluding hydrogens is 695 g/mol. The van der Waals surface area contributed by atoms with Crippen molar-refractivity contribution in [1.29, 1.82) is 0 Å². The van der Waals surface area contributed by atoms with E-state index in [0.717, 1.165) is 22.3 Å². The zero-order valence-corrected chi connectivity index (χ0v) is 32.1. The first-order valence-electron chi connectivity index (χ1n) is 18.9. The lowest BCUT2D eigenvalue weighted by atomic mass is 9.93. The van der Waals surface area contributed by atoms with Crippen LogP contribution in [0.4, 0.5) is 4.79 Å². The van der Waals surface area contributed by atoms with E-state index in [4.69, 9.17) is 4.74 Å². The van der Waals surface area contributed by atoms with Crippen molar-refractivity contribution in [3.63, 3.8) is 0 Å². The molecule has 0 saturated carbocycles. The first kappa shape index (κ1) is 42.2. The Bertz CT molecular complexity index is 1760. The highest BCUT2D eigenvalue weighted by molar-refractivity contribution is 5.90. The van der Waals surface area contributed by atoms with Gasteiger partial charge in [0.2, 0.25) is 17.7 Å². The maximum atomic E-state index is 14.3. The molecule has 0 aliphatic heterocycles. The van der Waals surface area contributed by atoms with Gasteiger partial charge in [-0.2, -0.15) is 0 Å². The third-order valence-corrected chi connectivity index (χ3v) is 9.12. The van der Waals surface area contributed by atoms with Crippen molar-refractivity contribution >= 4 is 23.8 Å². The highest BCUT2D eigenvalue weighted by atomic mass is 16.5. The molecule has 4 aromatic rings. The SMILES string of the molecule is CC(C)C[C@H](NC(=O)[C@H](NCc1ccccc1)[C@H](O)[C@H](Cc1ccccc1)NC(=O)[C@@H](NC(=O)OCc1ccccc1)C(C)C)C(=O)NCc1ccccc1. The van der Waals surface area contributed by atoms with Crippen molar-refractivity contribution in [1.82, 2.24) is 26.6 Å². The topological polar surface area (TPSA) is 158 Å². The number of ether oxygens (including phenoxy) is 1. The van der Waals surface area contributed by atoms with Crippen LogP contribution in [-0.2, 0) is 45.2 Å². The van der Waals surface area contributed by atoms with Gasteiger partial charge >= 0.3 is 6.09 Å². The van der Waals surface area contributed by atoms with Gasteiger partial charge in [-0.15, -0.1) is 0 Å². The highest BCUT2D eigenvalue weighted by Crippen LogP contribution is 2.15. The largest absolute Gasteiger partial charge is 0.445 e. The molecular formula is C44H55N5O6. The lowest BCUT2D eigenvalue weighted by Gasteiger charge is -2.33. The number of carbonyl (C=O) groups is 4. The van der Waals surface area contributed by atoms with Crippen LogP contribution < -0.4 is 26.6 Å². The zero-order chi connectivity index (χ0) is 39.6. The van der Waals surface area contributed by atoms with Crippen LogP contribution in [0.25, 0.3) is 0 Å². The molecule has 0 radical (unpaired) electrons. The van der Waals surface area contributed by atoms with Gasteiger partial charge in [0.15, 0.2) is 0 Å². The van der Waals surface area contributed by atoms with Gasteiger partial charge in [0.1, 0.15) is 24.7 Å². The highest BCUT2D eigenvalue weighted by Gasteiger charge is 2.37. The summed E-state index contributed by atoms with van der Waals surface area (Å²) in [7, 11) is 0. The van der Waals surface area contributed by atoms with Crippen molar-refractivity contribution in [2.45, 2.75) is 90.5 Å². The fourth-order valence-electron chi connectivity index (χ4n) is 6.12. The van der Waals surface area contributed by atoms with Crippen LogP contribution >= 0.6 is 0 Å². The van der Waals surface area contributed by atoms with E-state index < -0.39 is 48.2 Å². The summed E-state index contributed by atoms with van der Waals surface area (Å²) in [5.74, 6) is -1.77. The van der Waals surface area contributed by atoms with Crippen molar-refractivity contribution in [2.24, 2.45) is 11.8 Å². The summed E-state index contributed by atoms with van der Waals surface area (Å²) < 4.78 is 5.40. The van der Waals surface area contributed by atoms with Gasteiger partial charge in [0.05, 0.1) is 12.1 Å². The smallest absolute Gasteiger partial charge is 0.408 e. The number of nitrogens with one attached hydrogen (secondary N) is 5. The molecule has 0 fully saturated rings. The third-order valence-electron chi connectivity index (χ3n) is 9.12. The van der Waals surface area contributed by atoms with Crippen LogP contribution in [0.1, 0.15) is 56.4 Å². The van der Waals surface area contributed by atoms with Crippen molar-refractivity contribution in [2.75, 3.05) is 0 Å². The molecule has 0 heterocycles. The minimum absolute atomic E-state index is 0.0282. The molecule has 5 atom stereocenters. The molecule has 0 unspecified atom stereocenters. The Morgan fingerprint density at radius 2 is 1.07 bits per heavy atom. The van der Waals surface area contributed by atoms with E-state index in [0.29, 0.717) is 13.0 Å². The van der Waals surface area contributed by atoms with Crippen LogP contribution in [0.5, 0.6) is 0 Å². The standard InChI is InChI=1S/C44H55N5O6/c1-30(2)25-37(41(51)46-28-34-21-13-7-14-22-34)48-43(53)39(45-27-33-19-11-6-12-20-33)40(50)36(26-32-17-9-5-10-18-32)47-42(52)38(31(3)4)49-44(54)55-29-35-23-15-8-16-24-35/h5-24,30-31,36-40,45,50H,25-29H2,1-4H3,(H,46,51)(H,47,52)(H,48,53)(H,49,54)/t36-,37-,38-,39+,40+/m0/s1. The van der Waals surface area contributed by atoms with Gasteiger partial charge in [-0.25, -0.2) is 4.79 Å². The molecule has 4 aromatic carbocycles. The van der Waals surface area contributed by atoms with Crippen LogP contribution in [0.3, 0.4) is 0 Å². The molecule has 55 heavy (non-hydrogen) atoms. The number of hydrogen-bond donors (Lipinski definition) is 6. The summed E-state index contributed by atoms with van der Waals surface area (Å²) in [6, 6.07) is 33.3. The first-order chi connectivity index (χ1) is 26.5. The first-order valence-corrected chi connectivity index (χ1v) is 18.9. The van der Waals surface area contributed by atoms with Crippen molar-refractivity contribution in [3.05, 3.63) is 144 Å². The predicted molar refractivity (Wildman–Crippen MR) is 213 cm³/mol. The van der Waals surface area contributed by atoms with Gasteiger partial charge in [0.25, 0.3) is 0 Å². The molecule has 4 rings (SSSR count). The van der Waals surface area contributed by atoms with Crippen LogP contribution in [0.2, 0.25) is 0 Å². The van der Waals surface area contributed by atoms with E-state index in [1.807, 2.05) is 135 Å². The summed E-state index contributed by atoms with van der Waals surface area (Å²) in [4.78, 5) is 54.7. The predicted octanol–water partition coefficient (Wildman–Crippen LogP) is 5.03. The maximum absolute atomic E-state index is 14.3. The van der Waals surface area contributed by atoms with E-state index in [1.165, 1.54) is 0 Å². The third kappa shape index (κ3) is 14.3. The van der Waals surface area contributed by atoms with Crippen molar-refractivity contribution < 1.29 is 29.0 Å². The lowest BCUT2D eigenvalue weighted by molar-refractivity contribution is -0.133. The van der Waals surface area contributed by atoms with E-state index in [1.54, 1.807) is 13.8 Å². The van der Waals surface area contributed by atoms with Gasteiger partial charge in [0, 0.05) is 13.1 Å². The van der Waals surface area contributed by atoms with Gasteiger partial charge in [-0.05, 0) is 46.9 Å². The summed E-state index contributed by atoms with van der Waals surface area (Å²) >= 11 is 0. The monoisotopic (exact) mass is 749 g/mol. The fraction of sp³-hybridized carbons (Fsp3) is 0.364. The van der Waals surface area contributed by atoms with Crippen LogP contribution in [-0.4, -0.2) is 59.2 Å². The normalized spacial score (nSPS) is 13.9. The van der Waals surface area contributed by atoms with Gasteiger partial charge in [-0.1, -0.05) is 149 Å².